The Hall–Kier alpha value is -2.15. The average molecular weight is 426 g/mol. The van der Waals surface area contributed by atoms with E-state index >= 15 is 0 Å². The number of nitrogens with zero attached hydrogens (tertiary/aromatic N) is 3. The Morgan fingerprint density at radius 1 is 1.14 bits per heavy atom. The van der Waals surface area contributed by atoms with Gasteiger partial charge in [0.15, 0.2) is 9.84 Å². The van der Waals surface area contributed by atoms with Crippen LogP contribution in [0.3, 0.4) is 0 Å². The van der Waals surface area contributed by atoms with Gasteiger partial charge >= 0.3 is 0 Å². The zero-order valence-electron chi connectivity index (χ0n) is 14.9. The molecule has 3 rings (SSSR count). The molecule has 5 nitrogen and oxygen atoms in total. The first-order valence-corrected chi connectivity index (χ1v) is 10.6. The van der Waals surface area contributed by atoms with Crippen molar-refractivity contribution in [3.63, 3.8) is 0 Å². The highest BCUT2D eigenvalue weighted by Crippen LogP contribution is 2.49. The zero-order valence-corrected chi connectivity index (χ0v) is 16.4. The Balaban J connectivity index is 2.12. The maximum Gasteiger partial charge on any atom is 0.188 e. The Bertz CT molecular complexity index is 1010. The molecule has 0 heterocycles. The van der Waals surface area contributed by atoms with Crippen LogP contribution >= 0.6 is 11.6 Å². The van der Waals surface area contributed by atoms with Gasteiger partial charge in [-0.15, -0.1) is 0 Å². The largest absolute Gasteiger partial charge is 0.223 e. The molecular formula is C19H18ClF2N3O2S. The normalized spacial score (nSPS) is 22.5. The molecule has 0 N–H and O–H groups in total. The Morgan fingerprint density at radius 2 is 1.79 bits per heavy atom. The van der Waals surface area contributed by atoms with Crippen LogP contribution in [0, 0.1) is 17.6 Å². The van der Waals surface area contributed by atoms with Crippen LogP contribution in [0.15, 0.2) is 52.5 Å². The molecule has 0 atom stereocenters. The molecule has 9 heteroatoms. The second-order valence-corrected chi connectivity index (χ2v) is 9.63. The SMILES string of the molecule is [N-]=[N+]=NCC1CCC(c2cc(F)ccc2F)(S(=O)(=O)c2ccc(Cl)cc2)CC1. The van der Waals surface area contributed by atoms with E-state index in [2.05, 4.69) is 10.0 Å². The number of benzene rings is 2. The van der Waals surface area contributed by atoms with Gasteiger partial charge in [0, 0.05) is 22.0 Å². The highest BCUT2D eigenvalue weighted by Gasteiger charge is 2.49. The van der Waals surface area contributed by atoms with Gasteiger partial charge in [0.05, 0.1) is 4.90 Å². The fourth-order valence-electron chi connectivity index (χ4n) is 3.85. The number of hydrogen-bond acceptors (Lipinski definition) is 3. The van der Waals surface area contributed by atoms with E-state index in [4.69, 9.17) is 17.1 Å². The first kappa shape index (κ1) is 20.6. The van der Waals surface area contributed by atoms with Crippen molar-refractivity contribution in [1.29, 1.82) is 0 Å². The van der Waals surface area contributed by atoms with E-state index in [9.17, 15) is 17.2 Å². The lowest BCUT2D eigenvalue weighted by Crippen LogP contribution is -2.41. The molecule has 1 aliphatic rings. The van der Waals surface area contributed by atoms with Crippen molar-refractivity contribution in [2.75, 3.05) is 6.54 Å². The van der Waals surface area contributed by atoms with Gasteiger partial charge in [0.2, 0.25) is 0 Å². The fraction of sp³-hybridized carbons (Fsp3) is 0.368. The Labute approximate surface area is 166 Å². The third kappa shape index (κ3) is 3.72. The summed E-state index contributed by atoms with van der Waals surface area (Å²) >= 11 is 5.87. The fourth-order valence-corrected chi connectivity index (χ4v) is 6.14. The van der Waals surface area contributed by atoms with Gasteiger partial charge in [-0.1, -0.05) is 16.7 Å². The number of hydrogen-bond donors (Lipinski definition) is 0. The summed E-state index contributed by atoms with van der Waals surface area (Å²) in [5.41, 5.74) is 8.34. The van der Waals surface area contributed by atoms with Gasteiger partial charge < -0.3 is 0 Å². The summed E-state index contributed by atoms with van der Waals surface area (Å²) in [6.45, 7) is 0.249. The van der Waals surface area contributed by atoms with Gasteiger partial charge in [-0.25, -0.2) is 17.2 Å². The molecule has 1 fully saturated rings. The van der Waals surface area contributed by atoms with Crippen LogP contribution in [-0.4, -0.2) is 15.0 Å². The molecule has 0 aromatic heterocycles. The molecule has 0 spiro atoms. The van der Waals surface area contributed by atoms with Gasteiger partial charge in [0.25, 0.3) is 0 Å². The maximum absolute atomic E-state index is 14.7. The summed E-state index contributed by atoms with van der Waals surface area (Å²) in [6, 6.07) is 8.56. The predicted molar refractivity (Wildman–Crippen MR) is 103 cm³/mol. The third-order valence-electron chi connectivity index (χ3n) is 5.37. The molecule has 0 bridgehead atoms. The second kappa shape index (κ2) is 8.07. The topological polar surface area (TPSA) is 82.9 Å². The molecule has 1 aliphatic carbocycles. The lowest BCUT2D eigenvalue weighted by molar-refractivity contribution is 0.291. The number of rotatable bonds is 5. The van der Waals surface area contributed by atoms with Gasteiger partial charge in [-0.2, -0.15) is 0 Å². The van der Waals surface area contributed by atoms with Crippen molar-refractivity contribution in [3.8, 4) is 0 Å². The smallest absolute Gasteiger partial charge is 0.188 e. The molecule has 28 heavy (non-hydrogen) atoms. The van der Waals surface area contributed by atoms with Crippen molar-refractivity contribution in [1.82, 2.24) is 0 Å². The predicted octanol–water partition coefficient (Wildman–Crippen LogP) is 5.79. The van der Waals surface area contributed by atoms with E-state index < -0.39 is 26.2 Å². The molecule has 0 amide bonds. The highest BCUT2D eigenvalue weighted by atomic mass is 35.5. The molecule has 2 aromatic carbocycles. The molecule has 0 saturated heterocycles. The number of sulfone groups is 1. The molecular weight excluding hydrogens is 408 g/mol. The maximum atomic E-state index is 14.7. The lowest BCUT2D eigenvalue weighted by Gasteiger charge is -2.40. The highest BCUT2D eigenvalue weighted by molar-refractivity contribution is 7.92. The second-order valence-electron chi connectivity index (χ2n) is 6.93. The molecule has 2 aromatic rings. The summed E-state index contributed by atoms with van der Waals surface area (Å²) in [4.78, 5) is 2.75. The van der Waals surface area contributed by atoms with Crippen LogP contribution in [0.2, 0.25) is 5.02 Å². The van der Waals surface area contributed by atoms with Crippen molar-refractivity contribution in [3.05, 3.63) is 75.1 Å². The minimum atomic E-state index is -4.05. The molecule has 1 saturated carbocycles. The summed E-state index contributed by atoms with van der Waals surface area (Å²) in [5.74, 6) is -1.45. The van der Waals surface area contributed by atoms with Crippen molar-refractivity contribution >= 4 is 21.4 Å². The van der Waals surface area contributed by atoms with Crippen molar-refractivity contribution in [2.45, 2.75) is 35.3 Å². The van der Waals surface area contributed by atoms with E-state index in [1.165, 1.54) is 24.3 Å². The Kier molecular flexibility index (Phi) is 5.93. The van der Waals surface area contributed by atoms with E-state index in [1.807, 2.05) is 0 Å². The van der Waals surface area contributed by atoms with Crippen molar-refractivity contribution in [2.24, 2.45) is 11.0 Å². The molecule has 148 valence electrons. The van der Waals surface area contributed by atoms with Crippen LogP contribution in [-0.2, 0) is 14.6 Å². The summed E-state index contributed by atoms with van der Waals surface area (Å²) in [6.07, 6.45) is 1.04. The van der Waals surface area contributed by atoms with Crippen LogP contribution in [0.25, 0.3) is 10.4 Å². The summed E-state index contributed by atoms with van der Waals surface area (Å²) < 4.78 is 54.2. The lowest BCUT2D eigenvalue weighted by atomic mass is 9.77. The molecule has 0 unspecified atom stereocenters. The minimum absolute atomic E-state index is 0.000984. The monoisotopic (exact) mass is 425 g/mol. The van der Waals surface area contributed by atoms with E-state index in [0.717, 1.165) is 18.2 Å². The molecule has 0 radical (unpaired) electrons. The third-order valence-corrected chi connectivity index (χ3v) is 8.18. The summed E-state index contributed by atoms with van der Waals surface area (Å²) in [7, 11) is -4.05. The number of halogens is 3. The zero-order chi connectivity index (χ0) is 20.4. The van der Waals surface area contributed by atoms with Gasteiger partial charge in [-0.3, -0.25) is 0 Å². The average Bonchev–Trinajstić information content (AvgIpc) is 2.69. The summed E-state index contributed by atoms with van der Waals surface area (Å²) in [5, 5.41) is 3.94. The van der Waals surface area contributed by atoms with Crippen LogP contribution < -0.4 is 0 Å². The van der Waals surface area contributed by atoms with Crippen LogP contribution in [0.4, 0.5) is 8.78 Å². The van der Waals surface area contributed by atoms with Gasteiger partial charge in [0.1, 0.15) is 16.4 Å². The van der Waals surface area contributed by atoms with Gasteiger partial charge in [-0.05, 0) is 79.6 Å². The van der Waals surface area contributed by atoms with Crippen LogP contribution in [0.5, 0.6) is 0 Å². The standard InChI is InChI=1S/C19H18ClF2N3O2S/c20-14-1-4-16(5-2-14)28(26,27)19(17-11-15(21)3-6-18(17)22)9-7-13(8-10-19)12-24-25-23/h1-6,11,13H,7-10,12H2. The first-order valence-electron chi connectivity index (χ1n) is 8.77. The first-order chi connectivity index (χ1) is 13.3. The van der Waals surface area contributed by atoms with E-state index in [1.54, 1.807) is 0 Å². The van der Waals surface area contributed by atoms with Crippen LogP contribution in [0.1, 0.15) is 31.2 Å². The quantitative estimate of drug-likeness (QED) is 0.345. The number of azide groups is 1. The minimum Gasteiger partial charge on any atom is -0.223 e. The van der Waals surface area contributed by atoms with Crippen molar-refractivity contribution < 1.29 is 17.2 Å². The molecule has 0 aliphatic heterocycles. The van der Waals surface area contributed by atoms with E-state index in [-0.39, 0.29) is 35.8 Å². The van der Waals surface area contributed by atoms with E-state index in [0.29, 0.717) is 17.9 Å². The Morgan fingerprint density at radius 3 is 2.39 bits per heavy atom.